The quantitative estimate of drug-likeness (QED) is 0.473. The number of amides is 1. The minimum absolute atomic E-state index is 0.00522. The van der Waals surface area contributed by atoms with Crippen molar-refractivity contribution in [2.45, 2.75) is 12.3 Å². The van der Waals surface area contributed by atoms with Gasteiger partial charge in [0.2, 0.25) is 5.91 Å². The summed E-state index contributed by atoms with van der Waals surface area (Å²) in [6.45, 7) is 0. The zero-order valence-corrected chi connectivity index (χ0v) is 16.4. The van der Waals surface area contributed by atoms with Crippen LogP contribution in [0.5, 0.6) is 0 Å². The Morgan fingerprint density at radius 2 is 1.82 bits per heavy atom. The van der Waals surface area contributed by atoms with Crippen molar-refractivity contribution in [1.82, 2.24) is 9.78 Å². The number of aromatic nitrogens is 2. The number of hydrogen-bond acceptors (Lipinski definition) is 3. The average Bonchev–Trinajstić information content (AvgIpc) is 3.37. The topological polar surface area (TPSA) is 46.9 Å². The van der Waals surface area contributed by atoms with Crippen LogP contribution in [0.4, 0.5) is 5.82 Å². The van der Waals surface area contributed by atoms with Gasteiger partial charge in [-0.05, 0) is 35.7 Å². The maximum atomic E-state index is 12.5. The minimum Gasteiger partial charge on any atom is -0.310 e. The fraction of sp³-hybridized carbons (Fsp3) is 0.0909. The van der Waals surface area contributed by atoms with Gasteiger partial charge in [0.25, 0.3) is 0 Å². The Morgan fingerprint density at radius 1 is 1.04 bits per heavy atom. The molecule has 28 heavy (non-hydrogen) atoms. The molecule has 0 aliphatic carbocycles. The molecule has 0 radical (unpaired) electrons. The molecule has 0 fully saturated rings. The summed E-state index contributed by atoms with van der Waals surface area (Å²) in [5.74, 6) is 0.725. The molecule has 1 atom stereocenters. The largest absolute Gasteiger partial charge is 0.310 e. The maximum absolute atomic E-state index is 12.5. The van der Waals surface area contributed by atoms with Crippen LogP contribution in [0, 0.1) is 0 Å². The molecule has 0 bridgehead atoms. The molecule has 1 aliphatic heterocycles. The molecule has 2 aromatic heterocycles. The summed E-state index contributed by atoms with van der Waals surface area (Å²) in [5.41, 5.74) is 3.81. The summed E-state index contributed by atoms with van der Waals surface area (Å²) in [4.78, 5) is 13.7. The fourth-order valence-corrected chi connectivity index (χ4v) is 4.62. The number of rotatable bonds is 3. The third-order valence-electron chi connectivity index (χ3n) is 4.92. The van der Waals surface area contributed by atoms with Crippen molar-refractivity contribution in [3.8, 4) is 16.9 Å². The number of para-hydroxylation sites is 1. The fourth-order valence-electron chi connectivity index (χ4n) is 3.66. The van der Waals surface area contributed by atoms with Crippen LogP contribution >= 0.6 is 22.9 Å². The molecule has 0 spiro atoms. The van der Waals surface area contributed by atoms with Crippen molar-refractivity contribution in [2.75, 3.05) is 5.32 Å². The molecular weight excluding hydrogens is 390 g/mol. The van der Waals surface area contributed by atoms with Crippen molar-refractivity contribution in [3.05, 3.63) is 87.6 Å². The standard InChI is InChI=1S/C22H16ClN3OS/c23-15-10-8-14(9-11-15)21-20-17(18-7-4-12-28-18)13-19(27)24-22(20)26(25-21)16-5-2-1-3-6-16/h1-12,17H,13H2,(H,24,27)/t17-/m0/s1. The monoisotopic (exact) mass is 405 g/mol. The van der Waals surface area contributed by atoms with Crippen LogP contribution in [0.1, 0.15) is 22.8 Å². The zero-order chi connectivity index (χ0) is 19.1. The second kappa shape index (κ2) is 6.93. The molecule has 4 aromatic rings. The van der Waals surface area contributed by atoms with E-state index in [1.807, 2.05) is 70.7 Å². The lowest BCUT2D eigenvalue weighted by molar-refractivity contribution is -0.116. The van der Waals surface area contributed by atoms with Gasteiger partial charge in [0.05, 0.1) is 11.4 Å². The van der Waals surface area contributed by atoms with Crippen molar-refractivity contribution >= 4 is 34.7 Å². The first-order valence-electron chi connectivity index (χ1n) is 8.98. The van der Waals surface area contributed by atoms with E-state index in [-0.39, 0.29) is 11.8 Å². The molecule has 3 heterocycles. The Hall–Kier alpha value is -2.89. The van der Waals surface area contributed by atoms with Gasteiger partial charge in [-0.1, -0.05) is 48.0 Å². The normalized spacial score (nSPS) is 15.9. The van der Waals surface area contributed by atoms with Crippen LogP contribution in [0.15, 0.2) is 72.1 Å². The van der Waals surface area contributed by atoms with Crippen LogP contribution in [-0.2, 0) is 4.79 Å². The number of nitrogens with one attached hydrogen (secondary N) is 1. The molecule has 1 N–H and O–H groups in total. The number of anilines is 1. The van der Waals surface area contributed by atoms with Crippen LogP contribution in [-0.4, -0.2) is 15.7 Å². The molecule has 2 aromatic carbocycles. The summed E-state index contributed by atoms with van der Waals surface area (Å²) in [6, 6.07) is 21.7. The zero-order valence-electron chi connectivity index (χ0n) is 14.8. The van der Waals surface area contributed by atoms with Crippen LogP contribution in [0.3, 0.4) is 0 Å². The second-order valence-corrected chi connectivity index (χ2v) is 8.10. The highest BCUT2D eigenvalue weighted by atomic mass is 35.5. The van der Waals surface area contributed by atoms with Gasteiger partial charge in [0.15, 0.2) is 0 Å². The highest BCUT2D eigenvalue weighted by Gasteiger charge is 2.34. The molecule has 138 valence electrons. The smallest absolute Gasteiger partial charge is 0.226 e. The van der Waals surface area contributed by atoms with E-state index in [4.69, 9.17) is 16.7 Å². The average molecular weight is 406 g/mol. The van der Waals surface area contributed by atoms with E-state index >= 15 is 0 Å². The number of thiophene rings is 1. The number of carbonyl (C=O) groups is 1. The SMILES string of the molecule is O=C1C[C@@H](c2cccs2)c2c(-c3ccc(Cl)cc3)nn(-c3ccccc3)c2N1. The minimum atomic E-state index is -0.0214. The predicted octanol–water partition coefficient (Wildman–Crippen LogP) is 5.73. The second-order valence-electron chi connectivity index (χ2n) is 6.69. The van der Waals surface area contributed by atoms with Gasteiger partial charge in [-0.25, -0.2) is 4.68 Å². The van der Waals surface area contributed by atoms with Crippen LogP contribution in [0.2, 0.25) is 5.02 Å². The van der Waals surface area contributed by atoms with Crippen LogP contribution < -0.4 is 5.32 Å². The van der Waals surface area contributed by atoms with Crippen molar-refractivity contribution in [1.29, 1.82) is 0 Å². The van der Waals surface area contributed by atoms with E-state index in [0.717, 1.165) is 28.3 Å². The third-order valence-corrected chi connectivity index (χ3v) is 6.16. The number of benzene rings is 2. The van der Waals surface area contributed by atoms with Crippen molar-refractivity contribution in [3.63, 3.8) is 0 Å². The lowest BCUT2D eigenvalue weighted by Gasteiger charge is -2.23. The lowest BCUT2D eigenvalue weighted by atomic mass is 9.88. The molecule has 6 heteroatoms. The molecule has 4 nitrogen and oxygen atoms in total. The molecule has 1 aliphatic rings. The van der Waals surface area contributed by atoms with E-state index < -0.39 is 0 Å². The highest BCUT2D eigenvalue weighted by molar-refractivity contribution is 7.10. The Kier molecular flexibility index (Phi) is 4.26. The first-order chi connectivity index (χ1) is 13.7. The maximum Gasteiger partial charge on any atom is 0.226 e. The van der Waals surface area contributed by atoms with Gasteiger partial charge in [-0.3, -0.25) is 4.79 Å². The predicted molar refractivity (Wildman–Crippen MR) is 113 cm³/mol. The third kappa shape index (κ3) is 2.93. The first kappa shape index (κ1) is 17.2. The van der Waals surface area contributed by atoms with E-state index in [2.05, 4.69) is 11.4 Å². The van der Waals surface area contributed by atoms with Gasteiger partial charge in [0, 0.05) is 33.4 Å². The molecule has 1 amide bonds. The van der Waals surface area contributed by atoms with E-state index in [0.29, 0.717) is 11.4 Å². The van der Waals surface area contributed by atoms with Crippen molar-refractivity contribution in [2.24, 2.45) is 0 Å². The van der Waals surface area contributed by atoms with Gasteiger partial charge >= 0.3 is 0 Å². The molecule has 0 unspecified atom stereocenters. The number of halogens is 1. The lowest BCUT2D eigenvalue weighted by Crippen LogP contribution is -2.24. The number of fused-ring (bicyclic) bond motifs is 1. The Bertz CT molecular complexity index is 1130. The molecule has 0 saturated heterocycles. The highest BCUT2D eigenvalue weighted by Crippen LogP contribution is 2.45. The molecular formula is C22H16ClN3OS. The van der Waals surface area contributed by atoms with E-state index in [1.165, 1.54) is 4.88 Å². The summed E-state index contributed by atoms with van der Waals surface area (Å²) in [5, 5.41) is 10.7. The first-order valence-corrected chi connectivity index (χ1v) is 10.2. The van der Waals surface area contributed by atoms with Gasteiger partial charge in [0.1, 0.15) is 5.82 Å². The summed E-state index contributed by atoms with van der Waals surface area (Å²) < 4.78 is 1.83. The summed E-state index contributed by atoms with van der Waals surface area (Å²) in [6.07, 6.45) is 0.411. The van der Waals surface area contributed by atoms with Crippen LogP contribution in [0.25, 0.3) is 16.9 Å². The number of nitrogens with zero attached hydrogens (tertiary/aromatic N) is 2. The van der Waals surface area contributed by atoms with Crippen molar-refractivity contribution < 1.29 is 4.79 Å². The van der Waals surface area contributed by atoms with Gasteiger partial charge in [-0.15, -0.1) is 11.3 Å². The van der Waals surface area contributed by atoms with Gasteiger partial charge < -0.3 is 5.32 Å². The number of carbonyl (C=O) groups excluding carboxylic acids is 1. The van der Waals surface area contributed by atoms with E-state index in [9.17, 15) is 4.79 Å². The summed E-state index contributed by atoms with van der Waals surface area (Å²) >= 11 is 7.76. The Balaban J connectivity index is 1.77. The Labute approximate surface area is 171 Å². The number of hydrogen-bond donors (Lipinski definition) is 1. The molecule has 5 rings (SSSR count). The summed E-state index contributed by atoms with van der Waals surface area (Å²) in [7, 11) is 0. The van der Waals surface area contributed by atoms with E-state index in [1.54, 1.807) is 11.3 Å². The molecule has 0 saturated carbocycles. The van der Waals surface area contributed by atoms with Gasteiger partial charge in [-0.2, -0.15) is 5.10 Å². The Morgan fingerprint density at radius 3 is 2.54 bits per heavy atom.